The van der Waals surface area contributed by atoms with Crippen LogP contribution in [0.15, 0.2) is 30.5 Å². The van der Waals surface area contributed by atoms with E-state index in [1.54, 1.807) is 6.20 Å². The summed E-state index contributed by atoms with van der Waals surface area (Å²) < 4.78 is 0. The summed E-state index contributed by atoms with van der Waals surface area (Å²) in [7, 11) is 0. The van der Waals surface area contributed by atoms with Crippen molar-refractivity contribution in [2.24, 2.45) is 5.41 Å². The van der Waals surface area contributed by atoms with Crippen molar-refractivity contribution >= 4 is 17.5 Å². The first kappa shape index (κ1) is 16.6. The fourth-order valence-corrected chi connectivity index (χ4v) is 3.65. The van der Waals surface area contributed by atoms with E-state index in [1.807, 2.05) is 0 Å². The third kappa shape index (κ3) is 3.96. The second-order valence-corrected chi connectivity index (χ2v) is 7.58. The summed E-state index contributed by atoms with van der Waals surface area (Å²) in [6.07, 6.45) is 6.87. The highest BCUT2D eigenvalue weighted by molar-refractivity contribution is 5.49. The summed E-state index contributed by atoms with van der Waals surface area (Å²) in [4.78, 5) is 8.00. The molecule has 0 aliphatic heterocycles. The van der Waals surface area contributed by atoms with Crippen LogP contribution in [0.1, 0.15) is 56.6 Å². The normalized spacial score (nSPS) is 19.8. The van der Waals surface area contributed by atoms with Gasteiger partial charge in [-0.2, -0.15) is 4.98 Å². The van der Waals surface area contributed by atoms with Gasteiger partial charge in [-0.3, -0.25) is 0 Å². The van der Waals surface area contributed by atoms with E-state index in [1.165, 1.54) is 31.2 Å². The number of nitrogens with two attached hydrogens (primary N) is 2. The van der Waals surface area contributed by atoms with Crippen molar-refractivity contribution < 1.29 is 0 Å². The molecule has 1 fully saturated rings. The maximum Gasteiger partial charge on any atom is 0.221 e. The van der Waals surface area contributed by atoms with Gasteiger partial charge < -0.3 is 16.8 Å². The zero-order valence-electron chi connectivity index (χ0n) is 14.5. The second kappa shape index (κ2) is 6.67. The Hall–Kier alpha value is -2.30. The highest BCUT2D eigenvalue weighted by Gasteiger charge is 2.28. The van der Waals surface area contributed by atoms with Crippen LogP contribution in [0, 0.1) is 5.41 Å². The molecule has 5 N–H and O–H groups in total. The molecule has 128 valence electrons. The number of aromatic nitrogens is 2. The first-order valence-corrected chi connectivity index (χ1v) is 8.64. The van der Waals surface area contributed by atoms with E-state index >= 15 is 0 Å². The summed E-state index contributed by atoms with van der Waals surface area (Å²) in [5.41, 5.74) is 15.3. The summed E-state index contributed by atoms with van der Waals surface area (Å²) in [6, 6.07) is 8.73. The average Bonchev–Trinajstić information content (AvgIpc) is 2.53. The maximum absolute atomic E-state index is 5.89. The van der Waals surface area contributed by atoms with Crippen LogP contribution in [-0.2, 0) is 6.54 Å². The first-order valence-electron chi connectivity index (χ1n) is 8.64. The van der Waals surface area contributed by atoms with Crippen molar-refractivity contribution in [2.75, 3.05) is 16.8 Å². The van der Waals surface area contributed by atoms with Gasteiger partial charge in [-0.25, -0.2) is 4.98 Å². The standard InChI is InChI=1S/C19H27N5/c1-19(2)8-4-6-14(10-19)13-5-3-7-16(9-13)22-11-15-12-23-18(21)24-17(15)20/h3,5,7,9,12,14,22H,4,6,8,10-11H2,1-2H3,(H4,20,21,23,24). The molecule has 3 rings (SSSR count). The van der Waals surface area contributed by atoms with E-state index in [-0.39, 0.29) is 5.95 Å². The van der Waals surface area contributed by atoms with Gasteiger partial charge in [0.15, 0.2) is 0 Å². The molecule has 1 atom stereocenters. The van der Waals surface area contributed by atoms with Gasteiger partial charge in [-0.15, -0.1) is 0 Å². The Labute approximate surface area is 143 Å². The highest BCUT2D eigenvalue weighted by atomic mass is 15.0. The van der Waals surface area contributed by atoms with Crippen molar-refractivity contribution in [3.8, 4) is 0 Å². The lowest BCUT2D eigenvalue weighted by Gasteiger charge is -2.35. The number of hydrogen-bond acceptors (Lipinski definition) is 5. The molecule has 1 aliphatic rings. The molecule has 1 aliphatic carbocycles. The minimum Gasteiger partial charge on any atom is -0.383 e. The molecule has 0 bridgehead atoms. The molecule has 1 aromatic heterocycles. The van der Waals surface area contributed by atoms with E-state index in [0.717, 1.165) is 11.3 Å². The maximum atomic E-state index is 5.89. The third-order valence-electron chi connectivity index (χ3n) is 4.96. The molecule has 24 heavy (non-hydrogen) atoms. The van der Waals surface area contributed by atoms with E-state index in [4.69, 9.17) is 11.5 Å². The van der Waals surface area contributed by atoms with Crippen LogP contribution in [-0.4, -0.2) is 9.97 Å². The molecule has 0 saturated heterocycles. The Morgan fingerprint density at radius 2 is 2.12 bits per heavy atom. The van der Waals surface area contributed by atoms with Crippen molar-refractivity contribution in [3.63, 3.8) is 0 Å². The molecule has 1 saturated carbocycles. The van der Waals surface area contributed by atoms with Gasteiger partial charge in [0.2, 0.25) is 5.95 Å². The van der Waals surface area contributed by atoms with Crippen molar-refractivity contribution in [3.05, 3.63) is 41.6 Å². The predicted molar refractivity (Wildman–Crippen MR) is 99.6 cm³/mol. The first-order chi connectivity index (χ1) is 11.4. The molecule has 0 radical (unpaired) electrons. The zero-order chi connectivity index (χ0) is 17.2. The fraction of sp³-hybridized carbons (Fsp3) is 0.474. The Bertz CT molecular complexity index is 711. The molecular formula is C19H27N5. The fourth-order valence-electron chi connectivity index (χ4n) is 3.65. The number of benzene rings is 1. The SMILES string of the molecule is CC1(C)CCCC(c2cccc(NCc3cnc(N)nc3N)c2)C1. The number of rotatable bonds is 4. The van der Waals surface area contributed by atoms with Crippen LogP contribution in [0.5, 0.6) is 0 Å². The summed E-state index contributed by atoms with van der Waals surface area (Å²) in [5.74, 6) is 1.29. The zero-order valence-corrected chi connectivity index (χ0v) is 14.5. The molecule has 1 unspecified atom stereocenters. The van der Waals surface area contributed by atoms with Gasteiger partial charge in [0.05, 0.1) is 0 Å². The lowest BCUT2D eigenvalue weighted by Crippen LogP contribution is -2.21. The van der Waals surface area contributed by atoms with Crippen molar-refractivity contribution in [2.45, 2.75) is 52.0 Å². The van der Waals surface area contributed by atoms with Gasteiger partial charge in [-0.05, 0) is 48.3 Å². The number of nitrogens with zero attached hydrogens (tertiary/aromatic N) is 2. The van der Waals surface area contributed by atoms with Gasteiger partial charge >= 0.3 is 0 Å². The minimum absolute atomic E-state index is 0.207. The molecule has 0 amide bonds. The van der Waals surface area contributed by atoms with Crippen molar-refractivity contribution in [1.82, 2.24) is 9.97 Å². The Morgan fingerprint density at radius 3 is 2.88 bits per heavy atom. The largest absolute Gasteiger partial charge is 0.383 e. The number of nitrogen functional groups attached to an aromatic ring is 2. The van der Waals surface area contributed by atoms with E-state index in [2.05, 4.69) is 53.4 Å². The van der Waals surface area contributed by atoms with Crippen LogP contribution >= 0.6 is 0 Å². The quantitative estimate of drug-likeness (QED) is 0.792. The Balaban J connectivity index is 1.69. The van der Waals surface area contributed by atoms with Crippen LogP contribution < -0.4 is 16.8 Å². The van der Waals surface area contributed by atoms with E-state index in [0.29, 0.717) is 23.7 Å². The average molecular weight is 325 g/mol. The van der Waals surface area contributed by atoms with Crippen LogP contribution in [0.4, 0.5) is 17.5 Å². The van der Waals surface area contributed by atoms with Gasteiger partial charge in [-0.1, -0.05) is 32.4 Å². The molecular weight excluding hydrogens is 298 g/mol. The smallest absolute Gasteiger partial charge is 0.221 e. The molecule has 5 heteroatoms. The molecule has 5 nitrogen and oxygen atoms in total. The number of nitrogens with one attached hydrogen (secondary N) is 1. The summed E-state index contributed by atoms with van der Waals surface area (Å²) in [6.45, 7) is 5.35. The summed E-state index contributed by atoms with van der Waals surface area (Å²) >= 11 is 0. The Kier molecular flexibility index (Phi) is 4.60. The topological polar surface area (TPSA) is 89.8 Å². The minimum atomic E-state index is 0.207. The number of anilines is 3. The summed E-state index contributed by atoms with van der Waals surface area (Å²) in [5, 5.41) is 3.42. The van der Waals surface area contributed by atoms with Crippen LogP contribution in [0.2, 0.25) is 0 Å². The molecule has 2 aromatic rings. The monoisotopic (exact) mass is 325 g/mol. The second-order valence-electron chi connectivity index (χ2n) is 7.58. The highest BCUT2D eigenvalue weighted by Crippen LogP contribution is 2.43. The van der Waals surface area contributed by atoms with Gasteiger partial charge in [0.1, 0.15) is 5.82 Å². The third-order valence-corrected chi connectivity index (χ3v) is 4.96. The van der Waals surface area contributed by atoms with Gasteiger partial charge in [0.25, 0.3) is 0 Å². The lowest BCUT2D eigenvalue weighted by atomic mass is 9.70. The predicted octanol–water partition coefficient (Wildman–Crippen LogP) is 3.94. The van der Waals surface area contributed by atoms with Crippen molar-refractivity contribution in [1.29, 1.82) is 0 Å². The lowest BCUT2D eigenvalue weighted by molar-refractivity contribution is 0.219. The van der Waals surface area contributed by atoms with Crippen LogP contribution in [0.25, 0.3) is 0 Å². The number of hydrogen-bond donors (Lipinski definition) is 3. The molecule has 1 aromatic carbocycles. The van der Waals surface area contributed by atoms with E-state index < -0.39 is 0 Å². The van der Waals surface area contributed by atoms with Gasteiger partial charge in [0, 0.05) is 24.0 Å². The molecule has 0 spiro atoms. The molecule has 1 heterocycles. The van der Waals surface area contributed by atoms with E-state index in [9.17, 15) is 0 Å². The van der Waals surface area contributed by atoms with Crippen LogP contribution in [0.3, 0.4) is 0 Å². The Morgan fingerprint density at radius 1 is 1.29 bits per heavy atom.